The lowest BCUT2D eigenvalue weighted by molar-refractivity contribution is -0.133. The number of halogens is 1. The Balaban J connectivity index is 1.75. The fourth-order valence-corrected chi connectivity index (χ4v) is 2.76. The normalized spacial score (nSPS) is 18.2. The minimum absolute atomic E-state index is 0.0785. The smallest absolute Gasteiger partial charge is 0.388 e. The zero-order chi connectivity index (χ0) is 16.4. The van der Waals surface area contributed by atoms with Gasteiger partial charge in [-0.05, 0) is 43.0 Å². The van der Waals surface area contributed by atoms with Crippen LogP contribution in [0.3, 0.4) is 0 Å². The number of rotatable bonds is 3. The second-order valence-electron chi connectivity index (χ2n) is 5.92. The maximum atomic E-state index is 12.9. The van der Waals surface area contributed by atoms with E-state index in [0.717, 1.165) is 17.5 Å². The fraction of sp³-hybridized carbons (Fsp3) is 0.438. The van der Waals surface area contributed by atoms with Crippen LogP contribution in [0.15, 0.2) is 33.5 Å². The Hall–Kier alpha value is -2.44. The molecule has 1 aromatic heterocycles. The first kappa shape index (κ1) is 15.5. The summed E-state index contributed by atoms with van der Waals surface area (Å²) in [4.78, 5) is 25.9. The third-order valence-corrected chi connectivity index (χ3v) is 3.99. The first-order valence-electron chi connectivity index (χ1n) is 7.64. The molecule has 6 nitrogen and oxygen atoms in total. The van der Waals surface area contributed by atoms with Crippen LogP contribution in [0.5, 0.6) is 0 Å². The zero-order valence-corrected chi connectivity index (χ0v) is 12.9. The van der Waals surface area contributed by atoms with Crippen molar-refractivity contribution < 1.29 is 13.6 Å². The molecular weight excluding hydrogens is 301 g/mol. The van der Waals surface area contributed by atoms with Gasteiger partial charge in [-0.1, -0.05) is 6.92 Å². The van der Waals surface area contributed by atoms with E-state index in [0.29, 0.717) is 24.6 Å². The number of hydrogen-bond acceptors (Lipinski definition) is 4. The Morgan fingerprint density at radius 3 is 2.83 bits per heavy atom. The fourth-order valence-electron chi connectivity index (χ4n) is 2.76. The molecule has 1 amide bonds. The number of piperidine rings is 1. The molecular formula is C16H18FN3O3. The van der Waals surface area contributed by atoms with Crippen LogP contribution in [-0.2, 0) is 11.3 Å². The molecule has 122 valence electrons. The molecule has 1 aliphatic heterocycles. The molecule has 1 atom stereocenters. The van der Waals surface area contributed by atoms with E-state index in [1.165, 1.54) is 24.3 Å². The van der Waals surface area contributed by atoms with E-state index in [1.807, 2.05) is 0 Å². The SMILES string of the molecule is C[C@@H]1CCCN(C(=O)Cn2nc(-c3ccc(F)cc3)oc2=O)C1. The van der Waals surface area contributed by atoms with Crippen molar-refractivity contribution in [2.75, 3.05) is 13.1 Å². The van der Waals surface area contributed by atoms with E-state index >= 15 is 0 Å². The van der Waals surface area contributed by atoms with Crippen LogP contribution >= 0.6 is 0 Å². The van der Waals surface area contributed by atoms with Gasteiger partial charge < -0.3 is 9.32 Å². The summed E-state index contributed by atoms with van der Waals surface area (Å²) in [5, 5.41) is 4.03. The van der Waals surface area contributed by atoms with Gasteiger partial charge in [0.1, 0.15) is 12.4 Å². The summed E-state index contributed by atoms with van der Waals surface area (Å²) < 4.78 is 19.0. The van der Waals surface area contributed by atoms with Crippen LogP contribution < -0.4 is 5.76 Å². The van der Waals surface area contributed by atoms with Crippen LogP contribution in [0.2, 0.25) is 0 Å². The average molecular weight is 319 g/mol. The van der Waals surface area contributed by atoms with Gasteiger partial charge in [-0.2, -0.15) is 4.68 Å². The van der Waals surface area contributed by atoms with Crippen molar-refractivity contribution in [1.29, 1.82) is 0 Å². The van der Waals surface area contributed by atoms with Crippen LogP contribution in [0.25, 0.3) is 11.5 Å². The predicted molar refractivity (Wildman–Crippen MR) is 81.1 cm³/mol. The Morgan fingerprint density at radius 2 is 2.13 bits per heavy atom. The van der Waals surface area contributed by atoms with Gasteiger partial charge in [0.15, 0.2) is 0 Å². The van der Waals surface area contributed by atoms with Gasteiger partial charge in [0.2, 0.25) is 11.8 Å². The molecule has 0 spiro atoms. The van der Waals surface area contributed by atoms with Crippen molar-refractivity contribution in [3.63, 3.8) is 0 Å². The number of benzene rings is 1. The van der Waals surface area contributed by atoms with Crippen molar-refractivity contribution in [2.24, 2.45) is 5.92 Å². The van der Waals surface area contributed by atoms with Crippen molar-refractivity contribution >= 4 is 5.91 Å². The molecule has 3 rings (SSSR count). The average Bonchev–Trinajstić information content (AvgIpc) is 2.89. The highest BCUT2D eigenvalue weighted by Crippen LogP contribution is 2.17. The van der Waals surface area contributed by atoms with Crippen molar-refractivity contribution in [2.45, 2.75) is 26.3 Å². The minimum atomic E-state index is -0.692. The highest BCUT2D eigenvalue weighted by atomic mass is 19.1. The van der Waals surface area contributed by atoms with E-state index in [2.05, 4.69) is 12.0 Å². The molecule has 0 N–H and O–H groups in total. The molecule has 7 heteroatoms. The number of carbonyl (C=O) groups is 1. The molecule has 0 saturated carbocycles. The Labute approximate surface area is 132 Å². The lowest BCUT2D eigenvalue weighted by Crippen LogP contribution is -2.42. The van der Waals surface area contributed by atoms with Gasteiger partial charge in [-0.15, -0.1) is 5.10 Å². The van der Waals surface area contributed by atoms with Gasteiger partial charge in [0.05, 0.1) is 0 Å². The maximum absolute atomic E-state index is 12.9. The van der Waals surface area contributed by atoms with Gasteiger partial charge >= 0.3 is 5.76 Å². The summed E-state index contributed by atoms with van der Waals surface area (Å²) in [5.41, 5.74) is 0.487. The third-order valence-electron chi connectivity index (χ3n) is 3.99. The monoisotopic (exact) mass is 319 g/mol. The van der Waals surface area contributed by atoms with Crippen molar-refractivity contribution in [3.8, 4) is 11.5 Å². The highest BCUT2D eigenvalue weighted by Gasteiger charge is 2.22. The summed E-state index contributed by atoms with van der Waals surface area (Å²) in [6.45, 7) is 3.38. The molecule has 1 saturated heterocycles. The van der Waals surface area contributed by atoms with Gasteiger partial charge in [-0.3, -0.25) is 4.79 Å². The largest absolute Gasteiger partial charge is 0.437 e. The molecule has 0 bridgehead atoms. The summed E-state index contributed by atoms with van der Waals surface area (Å²) in [5.74, 6) is -0.670. The molecule has 0 radical (unpaired) electrons. The van der Waals surface area contributed by atoms with Crippen LogP contribution in [-0.4, -0.2) is 33.7 Å². The van der Waals surface area contributed by atoms with Crippen LogP contribution in [0.1, 0.15) is 19.8 Å². The van der Waals surface area contributed by atoms with Crippen LogP contribution in [0, 0.1) is 11.7 Å². The molecule has 1 aromatic carbocycles. The highest BCUT2D eigenvalue weighted by molar-refractivity contribution is 5.76. The molecule has 2 heterocycles. The minimum Gasteiger partial charge on any atom is -0.388 e. The molecule has 0 unspecified atom stereocenters. The van der Waals surface area contributed by atoms with Crippen LogP contribution in [0.4, 0.5) is 4.39 Å². The Bertz CT molecular complexity index is 751. The first-order chi connectivity index (χ1) is 11.0. The predicted octanol–water partition coefficient (Wildman–Crippen LogP) is 1.90. The van der Waals surface area contributed by atoms with Gasteiger partial charge in [-0.25, -0.2) is 9.18 Å². The van der Waals surface area contributed by atoms with Gasteiger partial charge in [0, 0.05) is 18.7 Å². The summed E-state index contributed by atoms with van der Waals surface area (Å²) in [6.07, 6.45) is 2.09. The molecule has 23 heavy (non-hydrogen) atoms. The number of aromatic nitrogens is 2. The number of likely N-dealkylation sites (tertiary alicyclic amines) is 1. The Kier molecular flexibility index (Phi) is 4.27. The van der Waals surface area contributed by atoms with Crippen molar-refractivity contribution in [3.05, 3.63) is 40.6 Å². The molecule has 1 aliphatic rings. The molecule has 2 aromatic rings. The lowest BCUT2D eigenvalue weighted by atomic mass is 10.0. The number of carbonyl (C=O) groups excluding carboxylic acids is 1. The van der Waals surface area contributed by atoms with E-state index in [4.69, 9.17) is 4.42 Å². The Morgan fingerprint density at radius 1 is 1.39 bits per heavy atom. The first-order valence-corrected chi connectivity index (χ1v) is 7.64. The second kappa shape index (κ2) is 6.36. The summed E-state index contributed by atoms with van der Waals surface area (Å²) in [7, 11) is 0. The lowest BCUT2D eigenvalue weighted by Gasteiger charge is -2.30. The van der Waals surface area contributed by atoms with Crippen molar-refractivity contribution in [1.82, 2.24) is 14.7 Å². The summed E-state index contributed by atoms with van der Waals surface area (Å²) >= 11 is 0. The number of hydrogen-bond donors (Lipinski definition) is 0. The summed E-state index contributed by atoms with van der Waals surface area (Å²) in [6, 6.07) is 5.46. The standard InChI is InChI=1S/C16H18FN3O3/c1-11-3-2-8-19(9-11)14(21)10-20-16(22)23-15(18-20)12-4-6-13(17)7-5-12/h4-7,11H,2-3,8-10H2,1H3/t11-/m1/s1. The quantitative estimate of drug-likeness (QED) is 0.866. The molecule has 1 fully saturated rings. The number of nitrogens with zero attached hydrogens (tertiary/aromatic N) is 3. The van der Waals surface area contributed by atoms with E-state index in [-0.39, 0.29) is 24.2 Å². The molecule has 0 aliphatic carbocycles. The number of amides is 1. The third kappa shape index (κ3) is 3.49. The maximum Gasteiger partial charge on any atom is 0.437 e. The topological polar surface area (TPSA) is 68.3 Å². The van der Waals surface area contributed by atoms with E-state index < -0.39 is 5.76 Å². The zero-order valence-electron chi connectivity index (χ0n) is 12.9. The second-order valence-corrected chi connectivity index (χ2v) is 5.92. The van der Waals surface area contributed by atoms with E-state index in [1.54, 1.807) is 4.90 Å². The van der Waals surface area contributed by atoms with E-state index in [9.17, 15) is 14.0 Å². The van der Waals surface area contributed by atoms with Gasteiger partial charge in [0.25, 0.3) is 0 Å².